The first-order chi connectivity index (χ1) is 12.1. The van der Waals surface area contributed by atoms with Gasteiger partial charge in [-0.15, -0.1) is 0 Å². The minimum absolute atomic E-state index is 0.0351. The van der Waals surface area contributed by atoms with Crippen LogP contribution in [-0.4, -0.2) is 47.9 Å². The first kappa shape index (κ1) is 16.6. The molecule has 132 valence electrons. The fourth-order valence-electron chi connectivity index (χ4n) is 2.59. The molecular formula is C15H17N5O5. The highest BCUT2D eigenvalue weighted by molar-refractivity contribution is 6.01. The smallest absolute Gasteiger partial charge is 0.249 e. The summed E-state index contributed by atoms with van der Waals surface area (Å²) in [7, 11) is 4.46. The van der Waals surface area contributed by atoms with Gasteiger partial charge >= 0.3 is 0 Å². The number of rotatable bonds is 5. The molecule has 1 aromatic carbocycles. The Hall–Kier alpha value is -3.30. The summed E-state index contributed by atoms with van der Waals surface area (Å²) in [5.74, 6) is 0.751. The summed E-state index contributed by atoms with van der Waals surface area (Å²) in [5, 5.41) is 9.29. The number of benzene rings is 1. The second-order valence-corrected chi connectivity index (χ2v) is 5.20. The lowest BCUT2D eigenvalue weighted by molar-refractivity contribution is -0.125. The number of methoxy groups -OCH3 is 3. The van der Waals surface area contributed by atoms with Gasteiger partial charge in [0.25, 0.3) is 0 Å². The Labute approximate surface area is 143 Å². The van der Waals surface area contributed by atoms with Gasteiger partial charge in [0.05, 0.1) is 27.8 Å². The topological polar surface area (TPSA) is 117 Å². The minimum Gasteiger partial charge on any atom is -0.493 e. The summed E-state index contributed by atoms with van der Waals surface area (Å²) < 4.78 is 17.1. The molecule has 1 aromatic heterocycles. The minimum atomic E-state index is -0.801. The molecule has 0 bridgehead atoms. The maximum atomic E-state index is 12.6. The number of aromatic nitrogens is 3. The van der Waals surface area contributed by atoms with Gasteiger partial charge in [0.2, 0.25) is 23.5 Å². The van der Waals surface area contributed by atoms with E-state index in [1.54, 1.807) is 12.1 Å². The van der Waals surface area contributed by atoms with Gasteiger partial charge in [0.1, 0.15) is 12.4 Å². The summed E-state index contributed by atoms with van der Waals surface area (Å²) in [6.07, 6.45) is 1.24. The molecule has 10 nitrogen and oxygen atoms in total. The van der Waals surface area contributed by atoms with Gasteiger partial charge in [0, 0.05) is 17.8 Å². The highest BCUT2D eigenvalue weighted by Crippen LogP contribution is 2.40. The largest absolute Gasteiger partial charge is 0.493 e. The number of amides is 2. The zero-order valence-electron chi connectivity index (χ0n) is 13.9. The van der Waals surface area contributed by atoms with Crippen LogP contribution < -0.4 is 24.8 Å². The number of fused-ring (bicyclic) bond motifs is 1. The summed E-state index contributed by atoms with van der Waals surface area (Å²) >= 11 is 0. The van der Waals surface area contributed by atoms with Crippen LogP contribution in [0.25, 0.3) is 0 Å². The monoisotopic (exact) mass is 347 g/mol. The van der Waals surface area contributed by atoms with E-state index in [4.69, 9.17) is 14.2 Å². The fraction of sp³-hybridized carbons (Fsp3) is 0.333. The highest BCUT2D eigenvalue weighted by Gasteiger charge is 2.32. The van der Waals surface area contributed by atoms with Gasteiger partial charge in [-0.1, -0.05) is 0 Å². The van der Waals surface area contributed by atoms with E-state index in [0.717, 1.165) is 0 Å². The molecule has 2 heterocycles. The van der Waals surface area contributed by atoms with Crippen LogP contribution in [-0.2, 0) is 9.59 Å². The van der Waals surface area contributed by atoms with Crippen LogP contribution in [0.1, 0.15) is 12.5 Å². The predicted molar refractivity (Wildman–Crippen MR) is 87.0 cm³/mol. The average Bonchev–Trinajstić information content (AvgIpc) is 3.08. The molecule has 2 aromatic rings. The fourth-order valence-corrected chi connectivity index (χ4v) is 2.59. The van der Waals surface area contributed by atoms with Crippen molar-refractivity contribution < 1.29 is 23.8 Å². The lowest BCUT2D eigenvalue weighted by Gasteiger charge is -2.23. The molecule has 0 radical (unpaired) electrons. The second-order valence-electron chi connectivity index (χ2n) is 5.20. The first-order valence-corrected chi connectivity index (χ1v) is 7.37. The third kappa shape index (κ3) is 3.05. The van der Waals surface area contributed by atoms with E-state index in [9.17, 15) is 9.59 Å². The van der Waals surface area contributed by atoms with Crippen LogP contribution in [0.4, 0.5) is 11.6 Å². The van der Waals surface area contributed by atoms with Crippen LogP contribution in [0.2, 0.25) is 0 Å². The van der Waals surface area contributed by atoms with Crippen molar-refractivity contribution in [1.82, 2.24) is 14.8 Å². The van der Waals surface area contributed by atoms with E-state index in [2.05, 4.69) is 20.7 Å². The van der Waals surface area contributed by atoms with Gasteiger partial charge in [-0.25, -0.2) is 4.68 Å². The Morgan fingerprint density at radius 2 is 1.92 bits per heavy atom. The second kappa shape index (κ2) is 6.67. The van der Waals surface area contributed by atoms with Gasteiger partial charge in [-0.3, -0.25) is 14.9 Å². The zero-order valence-corrected chi connectivity index (χ0v) is 13.9. The van der Waals surface area contributed by atoms with E-state index < -0.39 is 11.9 Å². The molecular weight excluding hydrogens is 330 g/mol. The number of nitrogens with one attached hydrogen (secondary N) is 2. The van der Waals surface area contributed by atoms with Crippen molar-refractivity contribution in [2.45, 2.75) is 12.5 Å². The molecule has 1 atom stereocenters. The van der Waals surface area contributed by atoms with Crippen molar-refractivity contribution in [3.8, 4) is 17.2 Å². The summed E-state index contributed by atoms with van der Waals surface area (Å²) in [6.45, 7) is 0. The molecule has 2 N–H and O–H groups in total. The van der Waals surface area contributed by atoms with Crippen molar-refractivity contribution in [2.75, 3.05) is 32.0 Å². The molecule has 0 saturated heterocycles. The van der Waals surface area contributed by atoms with Crippen LogP contribution in [0.3, 0.4) is 0 Å². The van der Waals surface area contributed by atoms with Crippen LogP contribution in [0, 0.1) is 0 Å². The van der Waals surface area contributed by atoms with Crippen molar-refractivity contribution in [3.05, 3.63) is 18.5 Å². The maximum absolute atomic E-state index is 12.6. The average molecular weight is 347 g/mol. The van der Waals surface area contributed by atoms with Crippen molar-refractivity contribution >= 4 is 23.5 Å². The molecule has 2 amide bonds. The number of carbonyl (C=O) groups is 2. The Kier molecular flexibility index (Phi) is 4.42. The number of ether oxygens (including phenoxy) is 3. The van der Waals surface area contributed by atoms with E-state index in [1.807, 2.05) is 0 Å². The Morgan fingerprint density at radius 3 is 2.52 bits per heavy atom. The molecule has 0 fully saturated rings. The van der Waals surface area contributed by atoms with Gasteiger partial charge in [-0.05, 0) is 0 Å². The SMILES string of the molecule is COc1cc(NC(=O)C2CC(=O)Nc3ncnn32)cc(OC)c1OC. The Bertz CT molecular complexity index is 793. The highest BCUT2D eigenvalue weighted by atomic mass is 16.5. The molecule has 1 unspecified atom stereocenters. The normalized spacial score (nSPS) is 15.8. The van der Waals surface area contributed by atoms with Gasteiger partial charge in [0.15, 0.2) is 11.5 Å². The lowest BCUT2D eigenvalue weighted by atomic mass is 10.1. The Morgan fingerprint density at radius 1 is 1.24 bits per heavy atom. The predicted octanol–water partition coefficient (Wildman–Crippen LogP) is 0.826. The van der Waals surface area contributed by atoms with Crippen LogP contribution >= 0.6 is 0 Å². The number of nitrogens with zero attached hydrogens (tertiary/aromatic N) is 3. The molecule has 1 aliphatic heterocycles. The first-order valence-electron chi connectivity index (χ1n) is 7.37. The van der Waals surface area contributed by atoms with Crippen LogP contribution in [0.15, 0.2) is 18.5 Å². The van der Waals surface area contributed by atoms with Crippen molar-refractivity contribution in [1.29, 1.82) is 0 Å². The van der Waals surface area contributed by atoms with E-state index in [1.165, 1.54) is 32.3 Å². The van der Waals surface area contributed by atoms with E-state index in [0.29, 0.717) is 22.9 Å². The third-order valence-corrected chi connectivity index (χ3v) is 3.73. The molecule has 0 spiro atoms. The number of hydrogen-bond acceptors (Lipinski definition) is 7. The molecule has 0 aliphatic carbocycles. The van der Waals surface area contributed by atoms with E-state index in [-0.39, 0.29) is 18.3 Å². The third-order valence-electron chi connectivity index (χ3n) is 3.73. The van der Waals surface area contributed by atoms with Crippen molar-refractivity contribution in [2.24, 2.45) is 0 Å². The van der Waals surface area contributed by atoms with Crippen molar-refractivity contribution in [3.63, 3.8) is 0 Å². The molecule has 10 heteroatoms. The zero-order chi connectivity index (χ0) is 18.0. The maximum Gasteiger partial charge on any atom is 0.249 e. The quantitative estimate of drug-likeness (QED) is 0.822. The molecule has 0 saturated carbocycles. The summed E-state index contributed by atoms with van der Waals surface area (Å²) in [5.41, 5.74) is 0.437. The number of anilines is 2. The molecule has 3 rings (SSSR count). The van der Waals surface area contributed by atoms with E-state index >= 15 is 0 Å². The van der Waals surface area contributed by atoms with Gasteiger partial charge < -0.3 is 19.5 Å². The number of carbonyl (C=O) groups excluding carboxylic acids is 2. The van der Waals surface area contributed by atoms with Gasteiger partial charge in [-0.2, -0.15) is 10.1 Å². The summed E-state index contributed by atoms with van der Waals surface area (Å²) in [6, 6.07) is 2.40. The summed E-state index contributed by atoms with van der Waals surface area (Å²) in [4.78, 5) is 28.3. The molecule has 1 aliphatic rings. The number of hydrogen-bond donors (Lipinski definition) is 2. The lowest BCUT2D eigenvalue weighted by Crippen LogP contribution is -2.36. The Balaban J connectivity index is 1.88. The standard InChI is InChI=1S/C15H17N5O5/c1-23-10-4-8(5-11(24-2)13(10)25-3)18-14(22)9-6-12(21)19-15-16-7-17-20(9)15/h4-5,7,9H,6H2,1-3H3,(H,18,22)(H,16,17,19,21). The van der Waals surface area contributed by atoms with Crippen LogP contribution in [0.5, 0.6) is 17.2 Å². The molecule has 25 heavy (non-hydrogen) atoms.